The zero-order chi connectivity index (χ0) is 19.7. The number of imide groups is 1. The molecule has 8 heteroatoms. The zero-order valence-electron chi connectivity index (χ0n) is 15.0. The molecule has 2 unspecified atom stereocenters. The second-order valence-corrected chi connectivity index (χ2v) is 7.94. The van der Waals surface area contributed by atoms with Crippen LogP contribution in [0.25, 0.3) is 0 Å². The lowest BCUT2D eigenvalue weighted by Crippen LogP contribution is -2.45. The van der Waals surface area contributed by atoms with Crippen LogP contribution in [0.2, 0.25) is 0 Å². The summed E-state index contributed by atoms with van der Waals surface area (Å²) < 4.78 is 18.2. The first kappa shape index (κ1) is 19.3. The molecule has 0 saturated carbocycles. The third-order valence-electron chi connectivity index (χ3n) is 4.56. The predicted octanol–water partition coefficient (Wildman–Crippen LogP) is 3.40. The Labute approximate surface area is 157 Å². The molecule has 2 aromatic carbocycles. The maximum atomic E-state index is 13.4. The summed E-state index contributed by atoms with van der Waals surface area (Å²) in [5.74, 6) is -0.848. The summed E-state index contributed by atoms with van der Waals surface area (Å²) in [7, 11) is -4.67. The lowest BCUT2D eigenvalue weighted by molar-refractivity contribution is -0.127. The van der Waals surface area contributed by atoms with Crippen molar-refractivity contribution in [3.63, 3.8) is 0 Å². The van der Waals surface area contributed by atoms with Crippen molar-refractivity contribution in [1.29, 1.82) is 0 Å². The van der Waals surface area contributed by atoms with Crippen molar-refractivity contribution in [2.45, 2.75) is 31.9 Å². The quantitative estimate of drug-likeness (QED) is 0.584. The second-order valence-electron chi connectivity index (χ2n) is 6.34. The van der Waals surface area contributed by atoms with Crippen LogP contribution in [0.5, 0.6) is 0 Å². The Hall–Kier alpha value is -2.47. The molecular formula is C19H21N2O5P. The van der Waals surface area contributed by atoms with Crippen molar-refractivity contribution < 1.29 is 23.6 Å². The van der Waals surface area contributed by atoms with Crippen LogP contribution in [0.4, 0.5) is 4.79 Å². The maximum Gasteiger partial charge on any atom is 0.443 e. The van der Waals surface area contributed by atoms with E-state index in [2.05, 4.69) is 5.32 Å². The van der Waals surface area contributed by atoms with Crippen molar-refractivity contribution in [3.8, 4) is 0 Å². The standard InChI is InChI=1S/C19H21N2O5P/c1-3-14(2)26-27(24,25)21-17(22)19(20-18(21)23,15-10-6-4-7-11-15)16-12-8-5-9-13-16/h4-14H,3H2,1-2H3,(H,20,23)(H,24,25). The number of rotatable bonds is 6. The Morgan fingerprint density at radius 2 is 1.56 bits per heavy atom. The van der Waals surface area contributed by atoms with E-state index in [1.165, 1.54) is 0 Å². The van der Waals surface area contributed by atoms with Crippen LogP contribution in [-0.2, 0) is 19.4 Å². The Morgan fingerprint density at radius 1 is 1.07 bits per heavy atom. The van der Waals surface area contributed by atoms with Gasteiger partial charge in [-0.05, 0) is 24.5 Å². The topological polar surface area (TPSA) is 95.9 Å². The molecule has 1 aliphatic rings. The summed E-state index contributed by atoms with van der Waals surface area (Å²) in [6.07, 6.45) is -0.138. The molecule has 1 saturated heterocycles. The van der Waals surface area contributed by atoms with Gasteiger partial charge in [-0.25, -0.2) is 9.36 Å². The summed E-state index contributed by atoms with van der Waals surface area (Å²) in [4.78, 5) is 36.4. The summed E-state index contributed by atoms with van der Waals surface area (Å²) in [5, 5.41) is 2.62. The number of hydrogen-bond donors (Lipinski definition) is 2. The fourth-order valence-corrected chi connectivity index (χ4v) is 4.41. The molecule has 2 aromatic rings. The van der Waals surface area contributed by atoms with E-state index in [0.717, 1.165) is 0 Å². The van der Waals surface area contributed by atoms with Crippen molar-refractivity contribution in [2.24, 2.45) is 0 Å². The van der Waals surface area contributed by atoms with Gasteiger partial charge in [0.25, 0.3) is 5.91 Å². The summed E-state index contributed by atoms with van der Waals surface area (Å²) in [6.45, 7) is 3.37. The molecule has 7 nitrogen and oxygen atoms in total. The number of urea groups is 1. The lowest BCUT2D eigenvalue weighted by atomic mass is 9.83. The minimum atomic E-state index is -4.67. The van der Waals surface area contributed by atoms with Crippen LogP contribution in [0, 0.1) is 0 Å². The van der Waals surface area contributed by atoms with Gasteiger partial charge in [-0.1, -0.05) is 67.6 Å². The van der Waals surface area contributed by atoms with Gasteiger partial charge in [0, 0.05) is 0 Å². The van der Waals surface area contributed by atoms with Gasteiger partial charge in [0.15, 0.2) is 5.54 Å². The third kappa shape index (κ3) is 3.30. The van der Waals surface area contributed by atoms with E-state index < -0.39 is 31.3 Å². The number of carbonyl (C=O) groups excluding carboxylic acids is 2. The molecule has 1 fully saturated rings. The highest BCUT2D eigenvalue weighted by Gasteiger charge is 2.59. The Kier molecular flexibility index (Phi) is 5.20. The molecule has 142 valence electrons. The predicted molar refractivity (Wildman–Crippen MR) is 99.7 cm³/mol. The first-order valence-corrected chi connectivity index (χ1v) is 10.2. The minimum absolute atomic E-state index is 0.319. The largest absolute Gasteiger partial charge is 0.443 e. The highest BCUT2D eigenvalue weighted by Crippen LogP contribution is 2.53. The van der Waals surface area contributed by atoms with Gasteiger partial charge in [-0.15, -0.1) is 0 Å². The molecule has 0 bridgehead atoms. The van der Waals surface area contributed by atoms with Crippen LogP contribution in [0.15, 0.2) is 60.7 Å². The van der Waals surface area contributed by atoms with Gasteiger partial charge in [-0.2, -0.15) is 4.67 Å². The zero-order valence-corrected chi connectivity index (χ0v) is 15.9. The molecule has 2 atom stereocenters. The smallest absolute Gasteiger partial charge is 0.315 e. The van der Waals surface area contributed by atoms with Crippen molar-refractivity contribution in [1.82, 2.24) is 9.99 Å². The molecule has 3 rings (SSSR count). The van der Waals surface area contributed by atoms with E-state index in [-0.39, 0.29) is 0 Å². The van der Waals surface area contributed by atoms with E-state index >= 15 is 0 Å². The number of hydrogen-bond acceptors (Lipinski definition) is 4. The van der Waals surface area contributed by atoms with Gasteiger partial charge in [0.2, 0.25) is 0 Å². The van der Waals surface area contributed by atoms with E-state index in [9.17, 15) is 19.0 Å². The summed E-state index contributed by atoms with van der Waals surface area (Å²) in [6, 6.07) is 16.3. The van der Waals surface area contributed by atoms with Gasteiger partial charge >= 0.3 is 13.8 Å². The van der Waals surface area contributed by atoms with Crippen LogP contribution < -0.4 is 5.32 Å². The number of carbonyl (C=O) groups is 2. The molecule has 0 aromatic heterocycles. The summed E-state index contributed by atoms with van der Waals surface area (Å²) >= 11 is 0. The van der Waals surface area contributed by atoms with Crippen LogP contribution in [0.3, 0.4) is 0 Å². The number of nitrogens with one attached hydrogen (secondary N) is 1. The Balaban J connectivity index is 2.13. The first-order valence-electron chi connectivity index (χ1n) is 8.62. The van der Waals surface area contributed by atoms with E-state index in [4.69, 9.17) is 4.52 Å². The monoisotopic (exact) mass is 388 g/mol. The maximum absolute atomic E-state index is 13.4. The molecule has 2 N–H and O–H groups in total. The molecular weight excluding hydrogens is 367 g/mol. The Morgan fingerprint density at radius 3 is 2.00 bits per heavy atom. The molecule has 3 amide bonds. The second kappa shape index (κ2) is 7.27. The highest BCUT2D eigenvalue weighted by molar-refractivity contribution is 7.52. The first-order chi connectivity index (χ1) is 12.8. The van der Waals surface area contributed by atoms with Crippen molar-refractivity contribution in [3.05, 3.63) is 71.8 Å². The Bertz CT molecular complexity index is 848. The molecule has 1 aliphatic heterocycles. The average Bonchev–Trinajstić information content (AvgIpc) is 2.94. The molecule has 0 spiro atoms. The normalized spacial score (nSPS) is 19.4. The number of nitrogens with zero attached hydrogens (tertiary/aromatic N) is 1. The van der Waals surface area contributed by atoms with Crippen LogP contribution in [0.1, 0.15) is 31.4 Å². The van der Waals surface area contributed by atoms with E-state index in [0.29, 0.717) is 22.2 Å². The SMILES string of the molecule is CCC(C)OP(=O)(O)N1C(=O)NC(c2ccccc2)(c2ccccc2)C1=O. The van der Waals surface area contributed by atoms with Crippen LogP contribution in [-0.4, -0.2) is 27.6 Å². The average molecular weight is 388 g/mol. The number of amides is 3. The molecule has 27 heavy (non-hydrogen) atoms. The fraction of sp³-hybridized carbons (Fsp3) is 0.263. The van der Waals surface area contributed by atoms with E-state index in [1.54, 1.807) is 74.5 Å². The highest BCUT2D eigenvalue weighted by atomic mass is 31.2. The van der Waals surface area contributed by atoms with Gasteiger partial charge in [0.1, 0.15) is 0 Å². The van der Waals surface area contributed by atoms with Gasteiger partial charge in [-0.3, -0.25) is 9.32 Å². The van der Waals surface area contributed by atoms with Gasteiger partial charge < -0.3 is 10.2 Å². The lowest BCUT2D eigenvalue weighted by Gasteiger charge is -2.28. The van der Waals surface area contributed by atoms with Gasteiger partial charge in [0.05, 0.1) is 6.10 Å². The summed E-state index contributed by atoms with van der Waals surface area (Å²) in [5.41, 5.74) is -0.627. The molecule has 0 radical (unpaired) electrons. The molecule has 1 heterocycles. The minimum Gasteiger partial charge on any atom is -0.315 e. The number of benzene rings is 2. The van der Waals surface area contributed by atoms with E-state index in [1.807, 2.05) is 0 Å². The molecule has 0 aliphatic carbocycles. The fourth-order valence-electron chi connectivity index (χ4n) is 3.04. The van der Waals surface area contributed by atoms with Crippen LogP contribution >= 0.6 is 7.75 Å². The van der Waals surface area contributed by atoms with Crippen molar-refractivity contribution >= 4 is 19.7 Å². The van der Waals surface area contributed by atoms with Crippen molar-refractivity contribution in [2.75, 3.05) is 0 Å². The third-order valence-corrected chi connectivity index (χ3v) is 6.06.